The maximum Gasteiger partial charge on any atom is 0.340 e. The highest BCUT2D eigenvalue weighted by Crippen LogP contribution is 2.25. The van der Waals surface area contributed by atoms with E-state index in [1.54, 1.807) is 0 Å². The SMILES string of the molecule is O=C(CCC1CCCCO1)N1CCCC(c2n[nH]c(=O)[nH]2)C1. The van der Waals surface area contributed by atoms with Gasteiger partial charge in [0.15, 0.2) is 0 Å². The number of carbonyl (C=O) groups excluding carboxylic acids is 1. The van der Waals surface area contributed by atoms with Crippen LogP contribution in [0.25, 0.3) is 0 Å². The molecule has 3 rings (SSSR count). The minimum atomic E-state index is -0.284. The predicted octanol–water partition coefficient (Wildman–Crippen LogP) is 1.15. The second-order valence-corrected chi connectivity index (χ2v) is 6.27. The molecule has 22 heavy (non-hydrogen) atoms. The summed E-state index contributed by atoms with van der Waals surface area (Å²) in [5, 5.41) is 6.40. The summed E-state index contributed by atoms with van der Waals surface area (Å²) in [6.45, 7) is 2.28. The van der Waals surface area contributed by atoms with Crippen LogP contribution < -0.4 is 5.69 Å². The first-order valence-electron chi connectivity index (χ1n) is 8.26. The predicted molar refractivity (Wildman–Crippen MR) is 80.6 cm³/mol. The van der Waals surface area contributed by atoms with Gasteiger partial charge in [0.25, 0.3) is 0 Å². The average molecular weight is 308 g/mol. The van der Waals surface area contributed by atoms with Gasteiger partial charge in [-0.25, -0.2) is 9.89 Å². The van der Waals surface area contributed by atoms with Crippen molar-refractivity contribution in [2.45, 2.75) is 57.0 Å². The van der Waals surface area contributed by atoms with Crippen LogP contribution in [0.5, 0.6) is 0 Å². The number of aromatic amines is 2. The van der Waals surface area contributed by atoms with Crippen molar-refractivity contribution < 1.29 is 9.53 Å². The lowest BCUT2D eigenvalue weighted by Crippen LogP contribution is -2.39. The van der Waals surface area contributed by atoms with E-state index in [4.69, 9.17) is 4.74 Å². The standard InChI is InChI=1S/C15H24N4O3/c20-13(7-6-12-5-1-2-9-22-12)19-8-3-4-11(10-19)14-16-15(21)18-17-14/h11-12H,1-10H2,(H2,16,17,18,21). The van der Waals surface area contributed by atoms with Crippen LogP contribution in [0.1, 0.15) is 56.7 Å². The number of ether oxygens (including phenoxy) is 1. The topological polar surface area (TPSA) is 91.1 Å². The summed E-state index contributed by atoms with van der Waals surface area (Å²) >= 11 is 0. The van der Waals surface area contributed by atoms with Crippen LogP contribution in [0.4, 0.5) is 0 Å². The molecule has 0 saturated carbocycles. The van der Waals surface area contributed by atoms with E-state index in [0.29, 0.717) is 18.8 Å². The second-order valence-electron chi connectivity index (χ2n) is 6.27. The summed E-state index contributed by atoms with van der Waals surface area (Å²) in [4.78, 5) is 28.2. The summed E-state index contributed by atoms with van der Waals surface area (Å²) in [5.74, 6) is 0.984. The van der Waals surface area contributed by atoms with Gasteiger partial charge in [0.2, 0.25) is 5.91 Å². The zero-order valence-corrected chi connectivity index (χ0v) is 12.8. The Hall–Kier alpha value is -1.63. The Balaban J connectivity index is 1.50. The molecule has 3 heterocycles. The van der Waals surface area contributed by atoms with Crippen molar-refractivity contribution in [1.82, 2.24) is 20.1 Å². The minimum absolute atomic E-state index is 0.127. The first-order valence-corrected chi connectivity index (χ1v) is 8.26. The first-order chi connectivity index (χ1) is 10.7. The number of carbonyl (C=O) groups is 1. The number of likely N-dealkylation sites (tertiary alicyclic amines) is 1. The molecule has 2 aliphatic rings. The van der Waals surface area contributed by atoms with Gasteiger partial charge >= 0.3 is 5.69 Å². The molecule has 7 heteroatoms. The number of rotatable bonds is 4. The molecule has 2 N–H and O–H groups in total. The van der Waals surface area contributed by atoms with Crippen molar-refractivity contribution in [2.75, 3.05) is 19.7 Å². The van der Waals surface area contributed by atoms with E-state index in [9.17, 15) is 9.59 Å². The van der Waals surface area contributed by atoms with Crippen LogP contribution in [-0.2, 0) is 9.53 Å². The third-order valence-electron chi connectivity index (χ3n) is 4.63. The van der Waals surface area contributed by atoms with E-state index in [-0.39, 0.29) is 23.6 Å². The Bertz CT molecular complexity index is 547. The van der Waals surface area contributed by atoms with Gasteiger partial charge in [-0.2, -0.15) is 5.10 Å². The number of hydrogen-bond acceptors (Lipinski definition) is 4. The number of aromatic nitrogens is 3. The van der Waals surface area contributed by atoms with E-state index >= 15 is 0 Å². The number of hydrogen-bond donors (Lipinski definition) is 2. The summed E-state index contributed by atoms with van der Waals surface area (Å²) in [5.41, 5.74) is -0.284. The maximum atomic E-state index is 12.4. The molecule has 2 unspecified atom stereocenters. The Labute approximate surface area is 129 Å². The van der Waals surface area contributed by atoms with Gasteiger partial charge in [-0.3, -0.25) is 9.78 Å². The molecule has 1 amide bonds. The largest absolute Gasteiger partial charge is 0.378 e. The highest BCUT2D eigenvalue weighted by molar-refractivity contribution is 5.76. The first kappa shape index (κ1) is 15.3. The second kappa shape index (κ2) is 7.09. The number of H-pyrrole nitrogens is 2. The maximum absolute atomic E-state index is 12.4. The quantitative estimate of drug-likeness (QED) is 0.873. The van der Waals surface area contributed by atoms with E-state index in [1.165, 1.54) is 6.42 Å². The van der Waals surface area contributed by atoms with Crippen LogP contribution in [0.3, 0.4) is 0 Å². The third-order valence-corrected chi connectivity index (χ3v) is 4.63. The van der Waals surface area contributed by atoms with Crippen molar-refractivity contribution in [3.05, 3.63) is 16.3 Å². The van der Waals surface area contributed by atoms with Crippen LogP contribution in [0.15, 0.2) is 4.79 Å². The van der Waals surface area contributed by atoms with Gasteiger partial charge in [0, 0.05) is 32.0 Å². The van der Waals surface area contributed by atoms with E-state index in [1.807, 2.05) is 4.90 Å². The Kier molecular flexibility index (Phi) is 4.92. The van der Waals surface area contributed by atoms with Gasteiger partial charge in [-0.15, -0.1) is 0 Å². The van der Waals surface area contributed by atoms with Crippen molar-refractivity contribution in [3.8, 4) is 0 Å². The Morgan fingerprint density at radius 1 is 1.32 bits per heavy atom. The number of piperidine rings is 1. The van der Waals surface area contributed by atoms with Crippen LogP contribution in [0.2, 0.25) is 0 Å². The lowest BCUT2D eigenvalue weighted by Gasteiger charge is -2.32. The van der Waals surface area contributed by atoms with Crippen LogP contribution in [-0.4, -0.2) is 51.8 Å². The fourth-order valence-corrected chi connectivity index (χ4v) is 3.38. The monoisotopic (exact) mass is 308 g/mol. The highest BCUT2D eigenvalue weighted by Gasteiger charge is 2.27. The fraction of sp³-hybridized carbons (Fsp3) is 0.800. The van der Waals surface area contributed by atoms with Crippen molar-refractivity contribution in [3.63, 3.8) is 0 Å². The lowest BCUT2D eigenvalue weighted by molar-refractivity contribution is -0.133. The van der Waals surface area contributed by atoms with Crippen molar-refractivity contribution >= 4 is 5.91 Å². The number of amides is 1. The van der Waals surface area contributed by atoms with E-state index in [0.717, 1.165) is 45.3 Å². The molecule has 7 nitrogen and oxygen atoms in total. The van der Waals surface area contributed by atoms with Crippen molar-refractivity contribution in [1.29, 1.82) is 0 Å². The minimum Gasteiger partial charge on any atom is -0.378 e. The van der Waals surface area contributed by atoms with Gasteiger partial charge in [0.1, 0.15) is 5.82 Å². The number of nitrogens with one attached hydrogen (secondary N) is 2. The Morgan fingerprint density at radius 3 is 2.95 bits per heavy atom. The van der Waals surface area contributed by atoms with Crippen molar-refractivity contribution in [2.24, 2.45) is 0 Å². The van der Waals surface area contributed by atoms with Crippen LogP contribution in [0, 0.1) is 0 Å². The van der Waals surface area contributed by atoms with Gasteiger partial charge in [0.05, 0.1) is 6.10 Å². The summed E-state index contributed by atoms with van der Waals surface area (Å²) < 4.78 is 5.68. The zero-order valence-electron chi connectivity index (χ0n) is 12.8. The number of nitrogens with zero attached hydrogens (tertiary/aromatic N) is 2. The highest BCUT2D eigenvalue weighted by atomic mass is 16.5. The lowest BCUT2D eigenvalue weighted by atomic mass is 9.96. The summed E-state index contributed by atoms with van der Waals surface area (Å²) in [7, 11) is 0. The smallest absolute Gasteiger partial charge is 0.340 e. The molecule has 2 fully saturated rings. The van der Waals surface area contributed by atoms with Crippen LogP contribution >= 0.6 is 0 Å². The van der Waals surface area contributed by atoms with Gasteiger partial charge < -0.3 is 9.64 Å². The average Bonchev–Trinajstić information content (AvgIpc) is 3.00. The van der Waals surface area contributed by atoms with Gasteiger partial charge in [-0.1, -0.05) is 0 Å². The molecule has 2 aliphatic heterocycles. The summed E-state index contributed by atoms with van der Waals surface area (Å²) in [6.07, 6.45) is 6.94. The molecule has 2 saturated heterocycles. The van der Waals surface area contributed by atoms with E-state index < -0.39 is 0 Å². The zero-order chi connectivity index (χ0) is 15.4. The third kappa shape index (κ3) is 3.76. The molecule has 1 aromatic heterocycles. The van der Waals surface area contributed by atoms with Gasteiger partial charge in [-0.05, 0) is 38.5 Å². The Morgan fingerprint density at radius 2 is 2.23 bits per heavy atom. The molecule has 0 aromatic carbocycles. The molecule has 0 radical (unpaired) electrons. The molecular formula is C15H24N4O3. The molecule has 0 spiro atoms. The normalized spacial score (nSPS) is 26.1. The molecular weight excluding hydrogens is 284 g/mol. The summed E-state index contributed by atoms with van der Waals surface area (Å²) in [6, 6.07) is 0. The molecule has 1 aromatic rings. The molecule has 0 aliphatic carbocycles. The van der Waals surface area contributed by atoms with E-state index in [2.05, 4.69) is 15.2 Å². The fourth-order valence-electron chi connectivity index (χ4n) is 3.38. The molecule has 122 valence electrons. The molecule has 2 atom stereocenters. The molecule has 0 bridgehead atoms.